The standard InChI is InChI=1S/C14H9BrClFN2/c15-9-5-6-10(12(17)7-9)14(8-18)19-13-4-2-1-3-11(13)16/h1-7,14,19H. The summed E-state index contributed by atoms with van der Waals surface area (Å²) in [6.07, 6.45) is 0. The fraction of sp³-hybridized carbons (Fsp3) is 0.0714. The first kappa shape index (κ1) is 13.9. The second kappa shape index (κ2) is 6.05. The summed E-state index contributed by atoms with van der Waals surface area (Å²) in [6.45, 7) is 0. The summed E-state index contributed by atoms with van der Waals surface area (Å²) in [5.74, 6) is -0.444. The van der Waals surface area contributed by atoms with E-state index in [1.807, 2.05) is 6.07 Å². The Bertz CT molecular complexity index is 640. The first-order chi connectivity index (χ1) is 9.11. The highest BCUT2D eigenvalue weighted by atomic mass is 79.9. The van der Waals surface area contributed by atoms with Crippen molar-refractivity contribution in [1.29, 1.82) is 5.26 Å². The molecule has 0 heterocycles. The molecule has 1 atom stereocenters. The van der Waals surface area contributed by atoms with Crippen LogP contribution < -0.4 is 5.32 Å². The van der Waals surface area contributed by atoms with Gasteiger partial charge in [-0.05, 0) is 24.3 Å². The molecule has 1 N–H and O–H groups in total. The normalized spacial score (nSPS) is 11.7. The van der Waals surface area contributed by atoms with Crippen molar-refractivity contribution < 1.29 is 4.39 Å². The maximum absolute atomic E-state index is 13.8. The van der Waals surface area contributed by atoms with E-state index in [9.17, 15) is 9.65 Å². The Kier molecular flexibility index (Phi) is 4.41. The molecule has 0 aliphatic rings. The molecule has 0 aromatic heterocycles. The summed E-state index contributed by atoms with van der Waals surface area (Å²) in [6, 6.07) is 12.8. The number of hydrogen-bond acceptors (Lipinski definition) is 2. The topological polar surface area (TPSA) is 35.8 Å². The van der Waals surface area contributed by atoms with Crippen molar-refractivity contribution in [1.82, 2.24) is 0 Å². The van der Waals surface area contributed by atoms with Gasteiger partial charge < -0.3 is 5.32 Å². The quantitative estimate of drug-likeness (QED) is 0.861. The number of para-hydroxylation sites is 1. The molecule has 2 aromatic rings. The summed E-state index contributed by atoms with van der Waals surface area (Å²) in [5.41, 5.74) is 0.878. The SMILES string of the molecule is N#CC(Nc1ccccc1Cl)c1ccc(Br)cc1F. The molecule has 0 saturated heterocycles. The van der Waals surface area contributed by atoms with E-state index in [0.29, 0.717) is 15.2 Å². The number of rotatable bonds is 3. The van der Waals surface area contributed by atoms with Crippen LogP contribution in [-0.2, 0) is 0 Å². The van der Waals surface area contributed by atoms with Crippen LogP contribution in [0.5, 0.6) is 0 Å². The summed E-state index contributed by atoms with van der Waals surface area (Å²) < 4.78 is 14.5. The lowest BCUT2D eigenvalue weighted by Gasteiger charge is -2.15. The van der Waals surface area contributed by atoms with Gasteiger partial charge in [-0.25, -0.2) is 4.39 Å². The predicted octanol–water partition coefficient (Wildman–Crippen LogP) is 4.92. The highest BCUT2D eigenvalue weighted by Crippen LogP contribution is 2.27. The van der Waals surface area contributed by atoms with Gasteiger partial charge in [0.15, 0.2) is 0 Å². The summed E-state index contributed by atoms with van der Waals surface area (Å²) in [7, 11) is 0. The highest BCUT2D eigenvalue weighted by Gasteiger charge is 2.16. The Labute approximate surface area is 123 Å². The van der Waals surface area contributed by atoms with Crippen LogP contribution in [0.4, 0.5) is 10.1 Å². The number of nitrogens with one attached hydrogen (secondary N) is 1. The van der Waals surface area contributed by atoms with Crippen LogP contribution in [0.15, 0.2) is 46.9 Å². The molecule has 0 amide bonds. The van der Waals surface area contributed by atoms with Gasteiger partial charge in [0.1, 0.15) is 11.9 Å². The zero-order chi connectivity index (χ0) is 13.8. The van der Waals surface area contributed by atoms with E-state index in [2.05, 4.69) is 21.2 Å². The number of benzene rings is 2. The molecule has 0 saturated carbocycles. The third-order valence-corrected chi connectivity index (χ3v) is 3.40. The van der Waals surface area contributed by atoms with Crippen LogP contribution in [0.3, 0.4) is 0 Å². The molecular formula is C14H9BrClFN2. The molecule has 2 nitrogen and oxygen atoms in total. The Morgan fingerprint density at radius 2 is 2.00 bits per heavy atom. The van der Waals surface area contributed by atoms with Gasteiger partial charge in [-0.3, -0.25) is 0 Å². The van der Waals surface area contributed by atoms with Crippen LogP contribution in [0, 0.1) is 17.1 Å². The molecule has 0 spiro atoms. The van der Waals surface area contributed by atoms with E-state index >= 15 is 0 Å². The minimum atomic E-state index is -0.798. The van der Waals surface area contributed by atoms with Gasteiger partial charge in [-0.1, -0.05) is 45.7 Å². The monoisotopic (exact) mass is 338 g/mol. The molecule has 2 rings (SSSR count). The summed E-state index contributed by atoms with van der Waals surface area (Å²) in [4.78, 5) is 0. The van der Waals surface area contributed by atoms with E-state index in [1.54, 1.807) is 36.4 Å². The highest BCUT2D eigenvalue weighted by molar-refractivity contribution is 9.10. The molecule has 2 aromatic carbocycles. The number of anilines is 1. The average molecular weight is 340 g/mol. The minimum absolute atomic E-state index is 0.283. The van der Waals surface area contributed by atoms with E-state index < -0.39 is 11.9 Å². The van der Waals surface area contributed by atoms with Gasteiger partial charge in [0.2, 0.25) is 0 Å². The third-order valence-electron chi connectivity index (χ3n) is 2.58. The Morgan fingerprint density at radius 3 is 2.63 bits per heavy atom. The van der Waals surface area contributed by atoms with Crippen molar-refractivity contribution in [3.8, 4) is 6.07 Å². The second-order valence-corrected chi connectivity index (χ2v) is 5.18. The fourth-order valence-corrected chi connectivity index (χ4v) is 2.17. The lowest BCUT2D eigenvalue weighted by Crippen LogP contribution is -2.10. The number of hydrogen-bond donors (Lipinski definition) is 1. The molecule has 0 fully saturated rings. The van der Waals surface area contributed by atoms with Crippen LogP contribution in [-0.4, -0.2) is 0 Å². The van der Waals surface area contributed by atoms with Crippen LogP contribution in [0.1, 0.15) is 11.6 Å². The van der Waals surface area contributed by atoms with Crippen molar-refractivity contribution in [3.05, 3.63) is 63.3 Å². The lowest BCUT2D eigenvalue weighted by atomic mass is 10.1. The number of nitrogens with zero attached hydrogens (tertiary/aromatic N) is 1. The van der Waals surface area contributed by atoms with Gasteiger partial charge in [0.25, 0.3) is 0 Å². The maximum atomic E-state index is 13.8. The average Bonchev–Trinajstić information content (AvgIpc) is 2.39. The molecule has 0 aliphatic carbocycles. The smallest absolute Gasteiger partial charge is 0.143 e. The Hall–Kier alpha value is -1.57. The molecule has 19 heavy (non-hydrogen) atoms. The van der Waals surface area contributed by atoms with Crippen LogP contribution in [0.25, 0.3) is 0 Å². The Balaban J connectivity index is 2.31. The summed E-state index contributed by atoms with van der Waals surface area (Å²) >= 11 is 9.19. The lowest BCUT2D eigenvalue weighted by molar-refractivity contribution is 0.606. The van der Waals surface area contributed by atoms with Crippen molar-refractivity contribution in [2.24, 2.45) is 0 Å². The number of halogens is 3. The molecule has 5 heteroatoms. The van der Waals surface area contributed by atoms with Crippen molar-refractivity contribution in [2.45, 2.75) is 6.04 Å². The maximum Gasteiger partial charge on any atom is 0.143 e. The molecule has 0 aliphatic heterocycles. The van der Waals surface area contributed by atoms with E-state index in [4.69, 9.17) is 11.6 Å². The van der Waals surface area contributed by atoms with E-state index in [0.717, 1.165) is 0 Å². The molecule has 0 bridgehead atoms. The first-order valence-corrected chi connectivity index (χ1v) is 6.64. The first-order valence-electron chi connectivity index (χ1n) is 5.47. The minimum Gasteiger partial charge on any atom is -0.365 e. The second-order valence-electron chi connectivity index (χ2n) is 3.85. The van der Waals surface area contributed by atoms with Gasteiger partial charge in [-0.15, -0.1) is 0 Å². The third kappa shape index (κ3) is 3.25. The zero-order valence-corrected chi connectivity index (χ0v) is 12.0. The number of nitriles is 1. The van der Waals surface area contributed by atoms with Gasteiger partial charge in [0.05, 0.1) is 16.8 Å². The Morgan fingerprint density at radius 1 is 1.26 bits per heavy atom. The molecule has 0 radical (unpaired) electrons. The van der Waals surface area contributed by atoms with Gasteiger partial charge in [-0.2, -0.15) is 5.26 Å². The van der Waals surface area contributed by atoms with Crippen molar-refractivity contribution >= 4 is 33.2 Å². The predicted molar refractivity (Wildman–Crippen MR) is 77.5 cm³/mol. The molecule has 1 unspecified atom stereocenters. The van der Waals surface area contributed by atoms with E-state index in [1.165, 1.54) is 6.07 Å². The van der Waals surface area contributed by atoms with Gasteiger partial charge in [0, 0.05) is 10.0 Å². The largest absolute Gasteiger partial charge is 0.365 e. The van der Waals surface area contributed by atoms with Crippen molar-refractivity contribution in [2.75, 3.05) is 5.32 Å². The summed E-state index contributed by atoms with van der Waals surface area (Å²) in [5, 5.41) is 12.6. The fourth-order valence-electron chi connectivity index (χ4n) is 1.65. The van der Waals surface area contributed by atoms with Crippen LogP contribution >= 0.6 is 27.5 Å². The van der Waals surface area contributed by atoms with Gasteiger partial charge >= 0.3 is 0 Å². The van der Waals surface area contributed by atoms with E-state index in [-0.39, 0.29) is 5.56 Å². The zero-order valence-electron chi connectivity index (χ0n) is 9.70. The molecule has 96 valence electrons. The molecular weight excluding hydrogens is 331 g/mol. The van der Waals surface area contributed by atoms with Crippen LogP contribution in [0.2, 0.25) is 5.02 Å². The van der Waals surface area contributed by atoms with Crippen molar-refractivity contribution in [3.63, 3.8) is 0 Å².